The number of carbonyl (C=O) groups is 1. The summed E-state index contributed by atoms with van der Waals surface area (Å²) in [6, 6.07) is 17.2. The Bertz CT molecular complexity index is 1290. The molecule has 2 fully saturated rings. The van der Waals surface area contributed by atoms with E-state index >= 15 is 0 Å². The van der Waals surface area contributed by atoms with E-state index in [1.807, 2.05) is 41.3 Å². The number of hydrogen-bond acceptors (Lipinski definition) is 6. The number of ether oxygens (including phenoxy) is 1. The van der Waals surface area contributed by atoms with Crippen LogP contribution >= 0.6 is 0 Å². The smallest absolute Gasteiger partial charge is 0.267 e. The number of nitriles is 1. The monoisotopic (exact) mass is 471 g/mol. The summed E-state index contributed by atoms with van der Waals surface area (Å²) in [5, 5.41) is 10.00. The lowest BCUT2D eigenvalue weighted by molar-refractivity contribution is 0.00657. The minimum atomic E-state index is -0.609. The van der Waals surface area contributed by atoms with Crippen molar-refractivity contribution >= 4 is 11.4 Å². The van der Waals surface area contributed by atoms with Crippen LogP contribution in [0.4, 0.5) is 0 Å². The molecule has 8 heteroatoms. The largest absolute Gasteiger partial charge is 0.381 e. The maximum atomic E-state index is 13.8. The first kappa shape index (κ1) is 23.2. The first-order valence-electron chi connectivity index (χ1n) is 12.2. The zero-order valence-electron chi connectivity index (χ0n) is 19.7. The fourth-order valence-electron chi connectivity index (χ4n) is 5.17. The van der Waals surface area contributed by atoms with E-state index in [2.05, 4.69) is 16.0 Å². The average molecular weight is 472 g/mol. The molecule has 0 atom stereocenters. The van der Waals surface area contributed by atoms with E-state index in [4.69, 9.17) is 4.74 Å². The molecule has 0 aromatic carbocycles. The Morgan fingerprint density at radius 3 is 2.60 bits per heavy atom. The second-order valence-corrected chi connectivity index (χ2v) is 9.33. The molecule has 8 nitrogen and oxygen atoms in total. The molecule has 5 heterocycles. The van der Waals surface area contributed by atoms with E-state index in [0.29, 0.717) is 45.8 Å². The van der Waals surface area contributed by atoms with Gasteiger partial charge in [0.2, 0.25) is 0 Å². The van der Waals surface area contributed by atoms with Gasteiger partial charge < -0.3 is 9.64 Å². The first-order chi connectivity index (χ1) is 17.1. The molecule has 0 spiro atoms. The van der Waals surface area contributed by atoms with Gasteiger partial charge in [-0.3, -0.25) is 23.9 Å². The molecule has 180 valence electrons. The third-order valence-electron chi connectivity index (χ3n) is 7.32. The van der Waals surface area contributed by atoms with Gasteiger partial charge in [0, 0.05) is 50.3 Å². The van der Waals surface area contributed by atoms with E-state index in [9.17, 15) is 14.9 Å². The molecule has 3 aromatic heterocycles. The quantitative estimate of drug-likeness (QED) is 0.568. The Morgan fingerprint density at radius 2 is 1.89 bits per heavy atom. The molecule has 2 aliphatic rings. The molecule has 35 heavy (non-hydrogen) atoms. The lowest BCUT2D eigenvalue weighted by Gasteiger charge is -2.42. The van der Waals surface area contributed by atoms with Crippen LogP contribution in [0.5, 0.6) is 0 Å². The van der Waals surface area contributed by atoms with Crippen LogP contribution in [0.25, 0.3) is 5.52 Å². The number of rotatable bonds is 5. The third-order valence-corrected chi connectivity index (χ3v) is 7.32. The van der Waals surface area contributed by atoms with Crippen molar-refractivity contribution in [3.05, 3.63) is 82.5 Å². The number of piperidine rings is 1. The van der Waals surface area contributed by atoms with Crippen molar-refractivity contribution in [2.45, 2.75) is 37.1 Å². The summed E-state index contributed by atoms with van der Waals surface area (Å²) in [7, 11) is 0. The maximum Gasteiger partial charge on any atom is 0.267 e. The lowest BCUT2D eigenvalue weighted by Crippen LogP contribution is -2.53. The zero-order chi connectivity index (χ0) is 24.3. The summed E-state index contributed by atoms with van der Waals surface area (Å²) >= 11 is 0. The van der Waals surface area contributed by atoms with Gasteiger partial charge in [-0.15, -0.1) is 0 Å². The van der Waals surface area contributed by atoms with Crippen LogP contribution in [0.15, 0.2) is 65.7 Å². The second kappa shape index (κ2) is 9.98. The van der Waals surface area contributed by atoms with E-state index in [-0.39, 0.29) is 23.1 Å². The molecule has 1 amide bonds. The summed E-state index contributed by atoms with van der Waals surface area (Å²) in [6.07, 6.45) is 6.20. The Morgan fingerprint density at radius 1 is 1.11 bits per heavy atom. The van der Waals surface area contributed by atoms with Crippen molar-refractivity contribution in [2.24, 2.45) is 0 Å². The molecular weight excluding hydrogens is 442 g/mol. The van der Waals surface area contributed by atoms with Gasteiger partial charge in [0.25, 0.3) is 11.5 Å². The fraction of sp³-hybridized carbons (Fsp3) is 0.407. The zero-order valence-corrected chi connectivity index (χ0v) is 19.7. The third kappa shape index (κ3) is 4.57. The Balaban J connectivity index is 1.38. The number of carbonyl (C=O) groups excluding carboxylic acids is 1. The van der Waals surface area contributed by atoms with Crippen LogP contribution in [0.1, 0.15) is 41.7 Å². The van der Waals surface area contributed by atoms with Crippen molar-refractivity contribution < 1.29 is 9.53 Å². The molecule has 2 aliphatic heterocycles. The summed E-state index contributed by atoms with van der Waals surface area (Å²) in [6.45, 7) is 2.97. The predicted molar refractivity (Wildman–Crippen MR) is 131 cm³/mol. The maximum absolute atomic E-state index is 13.8. The van der Waals surface area contributed by atoms with Crippen molar-refractivity contribution in [2.75, 3.05) is 33.0 Å². The highest BCUT2D eigenvalue weighted by Gasteiger charge is 2.39. The van der Waals surface area contributed by atoms with Gasteiger partial charge in [-0.2, -0.15) is 5.26 Å². The second-order valence-electron chi connectivity index (χ2n) is 9.33. The molecule has 0 saturated carbocycles. The standard InChI is InChI=1S/C27H29N5O3/c28-19-27(24-6-1-3-13-29-24)11-15-30(16-12-27)20-32(22-9-17-35-18-10-22)26(34)23-8-7-21-5-2-4-14-31(21)25(23)33/h1-8,13-14,22H,9-12,15-18,20H2. The molecule has 0 unspecified atom stereocenters. The first-order valence-corrected chi connectivity index (χ1v) is 12.2. The number of nitrogens with zero attached hydrogens (tertiary/aromatic N) is 5. The SMILES string of the molecule is N#CC1(c2ccccn2)CCN(CN(C(=O)c2ccc3ccccn3c2=O)C2CCOCC2)CC1. The fourth-order valence-corrected chi connectivity index (χ4v) is 5.17. The number of hydrogen-bond donors (Lipinski definition) is 0. The van der Waals surface area contributed by atoms with Crippen LogP contribution in [-0.2, 0) is 10.2 Å². The Kier molecular flexibility index (Phi) is 6.62. The minimum absolute atomic E-state index is 0.00515. The number of fused-ring (bicyclic) bond motifs is 1. The molecule has 0 aliphatic carbocycles. The Labute approximate surface area is 204 Å². The lowest BCUT2D eigenvalue weighted by atomic mass is 9.76. The summed E-state index contributed by atoms with van der Waals surface area (Å²) in [5.74, 6) is -0.248. The highest BCUT2D eigenvalue weighted by molar-refractivity contribution is 5.94. The van der Waals surface area contributed by atoms with Crippen LogP contribution in [0.2, 0.25) is 0 Å². The van der Waals surface area contributed by atoms with E-state index < -0.39 is 5.41 Å². The number of amides is 1. The summed E-state index contributed by atoms with van der Waals surface area (Å²) in [5.41, 5.74) is 0.830. The number of pyridine rings is 3. The predicted octanol–water partition coefficient (Wildman–Crippen LogP) is 2.83. The van der Waals surface area contributed by atoms with Gasteiger partial charge in [0.15, 0.2) is 0 Å². The summed E-state index contributed by atoms with van der Waals surface area (Å²) < 4.78 is 7.06. The van der Waals surface area contributed by atoms with Crippen molar-refractivity contribution in [1.82, 2.24) is 19.2 Å². The normalized spacial score (nSPS) is 18.7. The molecular formula is C27H29N5O3. The molecule has 0 radical (unpaired) electrons. The highest BCUT2D eigenvalue weighted by Crippen LogP contribution is 2.34. The van der Waals surface area contributed by atoms with Crippen molar-refractivity contribution in [3.8, 4) is 6.07 Å². The summed E-state index contributed by atoms with van der Waals surface area (Å²) in [4.78, 5) is 35.4. The van der Waals surface area contributed by atoms with Crippen LogP contribution in [-0.4, -0.2) is 64.1 Å². The highest BCUT2D eigenvalue weighted by atomic mass is 16.5. The van der Waals surface area contributed by atoms with Crippen LogP contribution < -0.4 is 5.56 Å². The van der Waals surface area contributed by atoms with Crippen molar-refractivity contribution in [1.29, 1.82) is 5.26 Å². The molecule has 0 bridgehead atoms. The van der Waals surface area contributed by atoms with Gasteiger partial charge in [0.1, 0.15) is 11.0 Å². The van der Waals surface area contributed by atoms with Gasteiger partial charge >= 0.3 is 0 Å². The van der Waals surface area contributed by atoms with Crippen LogP contribution in [0.3, 0.4) is 0 Å². The minimum Gasteiger partial charge on any atom is -0.381 e. The van der Waals surface area contributed by atoms with Crippen molar-refractivity contribution in [3.63, 3.8) is 0 Å². The van der Waals surface area contributed by atoms with Gasteiger partial charge in [0.05, 0.1) is 18.4 Å². The van der Waals surface area contributed by atoms with Gasteiger partial charge in [-0.1, -0.05) is 12.1 Å². The molecule has 3 aromatic rings. The average Bonchev–Trinajstić information content (AvgIpc) is 2.93. The van der Waals surface area contributed by atoms with Gasteiger partial charge in [-0.25, -0.2) is 0 Å². The Hall–Kier alpha value is -3.54. The molecule has 0 N–H and O–H groups in total. The molecule has 5 rings (SSSR count). The van der Waals surface area contributed by atoms with E-state index in [0.717, 1.165) is 24.1 Å². The van der Waals surface area contributed by atoms with E-state index in [1.165, 1.54) is 4.40 Å². The van der Waals surface area contributed by atoms with Crippen LogP contribution in [0, 0.1) is 11.3 Å². The van der Waals surface area contributed by atoms with Gasteiger partial charge in [-0.05, 0) is 62.1 Å². The number of likely N-dealkylation sites (tertiary alicyclic amines) is 1. The number of aromatic nitrogens is 2. The topological polar surface area (TPSA) is 90.9 Å². The molecule has 2 saturated heterocycles. The van der Waals surface area contributed by atoms with E-state index in [1.54, 1.807) is 24.5 Å².